The summed E-state index contributed by atoms with van der Waals surface area (Å²) in [6.45, 7) is 14.3. The topological polar surface area (TPSA) is 78.3 Å². The third kappa shape index (κ3) is 5.18. The van der Waals surface area contributed by atoms with E-state index in [-0.39, 0.29) is 17.5 Å². The molecule has 1 aromatic rings. The smallest absolute Gasteiger partial charge is 0.338 e. The number of nitrogens with two attached hydrogens (primary N) is 2. The molecule has 4 aliphatic rings. The highest BCUT2D eigenvalue weighted by molar-refractivity contribution is 5.91. The van der Waals surface area contributed by atoms with Gasteiger partial charge in [-0.25, -0.2) is 4.79 Å². The van der Waals surface area contributed by atoms with Gasteiger partial charge >= 0.3 is 5.97 Å². The van der Waals surface area contributed by atoms with Gasteiger partial charge in [0, 0.05) is 11.4 Å². The summed E-state index contributed by atoms with van der Waals surface area (Å²) >= 11 is 0. The van der Waals surface area contributed by atoms with Gasteiger partial charge in [0.2, 0.25) is 0 Å². The summed E-state index contributed by atoms with van der Waals surface area (Å²) in [6, 6.07) is 4.97. The molecule has 9 unspecified atom stereocenters. The standard InChI is InChI=1S/C35H52N2O2/c1-6-35-17-14-28(39-33(38)24-18-26(36)21-27(37)19-24)20-25(35)10-11-29-31-13-12-30(23(4)9-7-8-22(2)3)34(31,5)16-15-32(29)35/h6,10-11,18-19,21-23,25,28-32H,1,7-9,12-17,20,36-37H2,2-5H3. The van der Waals surface area contributed by atoms with E-state index in [1.165, 1.54) is 44.9 Å². The van der Waals surface area contributed by atoms with Crippen molar-refractivity contribution in [1.29, 1.82) is 0 Å². The summed E-state index contributed by atoms with van der Waals surface area (Å²) in [4.78, 5) is 12.9. The molecule has 4 nitrogen and oxygen atoms in total. The summed E-state index contributed by atoms with van der Waals surface area (Å²) in [5.41, 5.74) is 13.8. The Morgan fingerprint density at radius 2 is 1.77 bits per heavy atom. The molecule has 0 saturated heterocycles. The number of anilines is 2. The normalized spacial score (nSPS) is 38.0. The zero-order valence-electron chi connectivity index (χ0n) is 24.8. The van der Waals surface area contributed by atoms with Crippen LogP contribution in [0.3, 0.4) is 0 Å². The molecule has 0 bridgehead atoms. The Morgan fingerprint density at radius 1 is 1.03 bits per heavy atom. The molecule has 4 heteroatoms. The van der Waals surface area contributed by atoms with Gasteiger partial charge < -0.3 is 16.2 Å². The number of carbonyl (C=O) groups excluding carboxylic acids is 1. The van der Waals surface area contributed by atoms with E-state index >= 15 is 0 Å². The molecule has 3 fully saturated rings. The lowest BCUT2D eigenvalue weighted by Crippen LogP contribution is -2.53. The molecule has 39 heavy (non-hydrogen) atoms. The molecule has 0 amide bonds. The van der Waals surface area contributed by atoms with E-state index in [2.05, 4.69) is 52.5 Å². The largest absolute Gasteiger partial charge is 0.459 e. The van der Waals surface area contributed by atoms with Gasteiger partial charge in [-0.05, 0) is 115 Å². The van der Waals surface area contributed by atoms with Crippen LogP contribution in [-0.2, 0) is 4.74 Å². The molecule has 0 aliphatic heterocycles. The second-order valence-electron chi connectivity index (χ2n) is 14.3. The molecule has 1 aromatic carbocycles. The molecular formula is C35H52N2O2. The first-order valence-electron chi connectivity index (χ1n) is 15.8. The van der Waals surface area contributed by atoms with E-state index in [4.69, 9.17) is 16.2 Å². The Kier molecular flexibility index (Phi) is 7.97. The van der Waals surface area contributed by atoms with Gasteiger partial charge in [0.1, 0.15) is 6.10 Å². The van der Waals surface area contributed by atoms with Gasteiger partial charge in [-0.2, -0.15) is 0 Å². The monoisotopic (exact) mass is 532 g/mol. The summed E-state index contributed by atoms with van der Waals surface area (Å²) in [5, 5.41) is 0. The predicted octanol–water partition coefficient (Wildman–Crippen LogP) is 8.44. The van der Waals surface area contributed by atoms with Crippen LogP contribution in [0.15, 0.2) is 43.0 Å². The molecule has 214 valence electrons. The molecule has 0 spiro atoms. The van der Waals surface area contributed by atoms with Gasteiger partial charge in [-0.1, -0.05) is 65.2 Å². The molecular weight excluding hydrogens is 480 g/mol. The van der Waals surface area contributed by atoms with Crippen LogP contribution in [0.5, 0.6) is 0 Å². The fourth-order valence-corrected chi connectivity index (χ4v) is 9.84. The number of esters is 1. The maximum Gasteiger partial charge on any atom is 0.338 e. The van der Waals surface area contributed by atoms with E-state index in [0.29, 0.717) is 40.1 Å². The van der Waals surface area contributed by atoms with Crippen LogP contribution < -0.4 is 11.5 Å². The first kappa shape index (κ1) is 28.3. The van der Waals surface area contributed by atoms with Crippen LogP contribution in [-0.4, -0.2) is 12.1 Å². The SMILES string of the molecule is C=CC12CCC(OC(=O)c3cc(N)cc(N)c3)CC1C=CC1C3CCC(C(C)CCCC(C)C)C3(C)CCC12. The minimum Gasteiger partial charge on any atom is -0.459 e. The fourth-order valence-electron chi connectivity index (χ4n) is 9.84. The molecule has 9 atom stereocenters. The van der Waals surface area contributed by atoms with Crippen molar-refractivity contribution < 1.29 is 9.53 Å². The third-order valence-electron chi connectivity index (χ3n) is 11.8. The predicted molar refractivity (Wildman–Crippen MR) is 162 cm³/mol. The van der Waals surface area contributed by atoms with Crippen LogP contribution >= 0.6 is 0 Å². The van der Waals surface area contributed by atoms with Crippen LogP contribution in [0.25, 0.3) is 0 Å². The number of benzene rings is 1. The van der Waals surface area contributed by atoms with Crippen molar-refractivity contribution in [1.82, 2.24) is 0 Å². The number of rotatable bonds is 8. The van der Waals surface area contributed by atoms with Crippen molar-refractivity contribution in [3.05, 3.63) is 48.6 Å². The lowest BCUT2D eigenvalue weighted by atomic mass is 9.45. The van der Waals surface area contributed by atoms with Gasteiger partial charge in [-0.15, -0.1) is 6.58 Å². The second kappa shape index (κ2) is 11.0. The maximum atomic E-state index is 12.9. The molecule has 0 aromatic heterocycles. The minimum atomic E-state index is -0.323. The lowest BCUT2D eigenvalue weighted by Gasteiger charge is -2.59. The Bertz CT molecular complexity index is 1070. The number of carbonyl (C=O) groups is 1. The maximum absolute atomic E-state index is 12.9. The van der Waals surface area contributed by atoms with E-state index in [0.717, 1.165) is 42.9 Å². The fraction of sp³-hybridized carbons (Fsp3) is 0.686. The van der Waals surface area contributed by atoms with Crippen molar-refractivity contribution in [2.24, 2.45) is 52.3 Å². The highest BCUT2D eigenvalue weighted by Crippen LogP contribution is 2.67. The van der Waals surface area contributed by atoms with Crippen molar-refractivity contribution in [2.75, 3.05) is 11.5 Å². The van der Waals surface area contributed by atoms with E-state index in [1.54, 1.807) is 18.2 Å². The molecule has 4 aliphatic carbocycles. The Balaban J connectivity index is 1.29. The average molecular weight is 533 g/mol. The summed E-state index contributed by atoms with van der Waals surface area (Å²) in [7, 11) is 0. The number of allylic oxidation sites excluding steroid dienone is 3. The molecule has 3 saturated carbocycles. The number of hydrogen-bond donors (Lipinski definition) is 2. The highest BCUT2D eigenvalue weighted by atomic mass is 16.5. The Morgan fingerprint density at radius 3 is 2.46 bits per heavy atom. The van der Waals surface area contributed by atoms with Gasteiger partial charge in [0.05, 0.1) is 5.56 Å². The zero-order valence-corrected chi connectivity index (χ0v) is 24.8. The van der Waals surface area contributed by atoms with Crippen LogP contribution in [0, 0.1) is 52.3 Å². The quantitative estimate of drug-likeness (QED) is 0.200. The summed E-state index contributed by atoms with van der Waals surface area (Å²) in [6.07, 6.45) is 19.6. The Labute approximate surface area is 237 Å². The van der Waals surface area contributed by atoms with Crippen molar-refractivity contribution in [2.45, 2.75) is 98.0 Å². The number of fused-ring (bicyclic) bond motifs is 5. The molecule has 4 N–H and O–H groups in total. The number of nitrogen functional groups attached to an aromatic ring is 2. The first-order valence-corrected chi connectivity index (χ1v) is 15.8. The first-order chi connectivity index (χ1) is 18.6. The van der Waals surface area contributed by atoms with Gasteiger partial charge in [-0.3, -0.25) is 0 Å². The van der Waals surface area contributed by atoms with Crippen molar-refractivity contribution in [3.63, 3.8) is 0 Å². The van der Waals surface area contributed by atoms with Crippen molar-refractivity contribution in [3.8, 4) is 0 Å². The van der Waals surface area contributed by atoms with Crippen LogP contribution in [0.4, 0.5) is 11.4 Å². The second-order valence-corrected chi connectivity index (χ2v) is 14.3. The summed E-state index contributed by atoms with van der Waals surface area (Å²) < 4.78 is 6.02. The lowest BCUT2D eigenvalue weighted by molar-refractivity contribution is -0.0711. The molecule has 0 radical (unpaired) electrons. The number of hydrogen-bond acceptors (Lipinski definition) is 4. The van der Waals surface area contributed by atoms with Crippen LogP contribution in [0.1, 0.15) is 102 Å². The molecule has 0 heterocycles. The van der Waals surface area contributed by atoms with E-state index < -0.39 is 0 Å². The van der Waals surface area contributed by atoms with Gasteiger partial charge in [0.25, 0.3) is 0 Å². The summed E-state index contributed by atoms with van der Waals surface area (Å²) in [5.74, 6) is 4.64. The highest BCUT2D eigenvalue weighted by Gasteiger charge is 2.60. The van der Waals surface area contributed by atoms with Crippen LogP contribution in [0.2, 0.25) is 0 Å². The van der Waals surface area contributed by atoms with E-state index in [9.17, 15) is 4.79 Å². The average Bonchev–Trinajstić information content (AvgIpc) is 3.25. The molecule has 5 rings (SSSR count). The number of ether oxygens (including phenoxy) is 1. The Hall–Kier alpha value is -2.23. The zero-order chi connectivity index (χ0) is 27.9. The van der Waals surface area contributed by atoms with E-state index in [1.807, 2.05) is 0 Å². The third-order valence-corrected chi connectivity index (χ3v) is 11.8. The van der Waals surface area contributed by atoms with Gasteiger partial charge in [0.15, 0.2) is 0 Å². The van der Waals surface area contributed by atoms with Crippen molar-refractivity contribution >= 4 is 17.3 Å². The minimum absolute atomic E-state index is 0.0872.